The summed E-state index contributed by atoms with van der Waals surface area (Å²) in [6.45, 7) is 6.48. The maximum Gasteiger partial charge on any atom is 0.216 e. The first-order chi connectivity index (χ1) is 13.3. The Morgan fingerprint density at radius 2 is 1.93 bits per heavy atom. The van der Waals surface area contributed by atoms with Gasteiger partial charge in [0.05, 0.1) is 18.5 Å². The van der Waals surface area contributed by atoms with Crippen molar-refractivity contribution in [2.75, 3.05) is 52.1 Å². The van der Waals surface area contributed by atoms with Gasteiger partial charge in [-0.1, -0.05) is 18.2 Å². The number of ether oxygens (including phenoxy) is 1. The third-order valence-electron chi connectivity index (χ3n) is 4.57. The average molecular weight is 415 g/mol. The van der Waals surface area contributed by atoms with Gasteiger partial charge in [-0.25, -0.2) is 12.8 Å². The van der Waals surface area contributed by atoms with Gasteiger partial charge in [0, 0.05) is 39.8 Å². The third-order valence-corrected chi connectivity index (χ3v) is 6.41. The SMILES string of the molecule is CN=C(NCCc1ccccc1F)N1CCN(S(=O)(=O)CCOC(C)C)CC1. The van der Waals surface area contributed by atoms with Gasteiger partial charge >= 0.3 is 0 Å². The van der Waals surface area contributed by atoms with Crippen molar-refractivity contribution in [1.29, 1.82) is 0 Å². The molecule has 158 valence electrons. The number of rotatable bonds is 8. The first kappa shape index (κ1) is 22.6. The lowest BCUT2D eigenvalue weighted by atomic mass is 10.1. The molecule has 9 heteroatoms. The summed E-state index contributed by atoms with van der Waals surface area (Å²) in [4.78, 5) is 6.30. The number of sulfonamides is 1. The van der Waals surface area contributed by atoms with Crippen LogP contribution in [-0.2, 0) is 21.2 Å². The van der Waals surface area contributed by atoms with Gasteiger partial charge in [0.15, 0.2) is 5.96 Å². The van der Waals surface area contributed by atoms with Crippen molar-refractivity contribution in [1.82, 2.24) is 14.5 Å². The van der Waals surface area contributed by atoms with E-state index in [2.05, 4.69) is 10.3 Å². The highest BCUT2D eigenvalue weighted by molar-refractivity contribution is 7.89. The molecule has 1 aliphatic rings. The lowest BCUT2D eigenvalue weighted by Gasteiger charge is -2.35. The molecule has 1 N–H and O–H groups in total. The highest BCUT2D eigenvalue weighted by atomic mass is 32.2. The molecule has 1 heterocycles. The molecule has 0 amide bonds. The van der Waals surface area contributed by atoms with Gasteiger partial charge in [-0.3, -0.25) is 4.99 Å². The van der Waals surface area contributed by atoms with Gasteiger partial charge in [-0.15, -0.1) is 0 Å². The molecule has 1 aromatic rings. The molecule has 0 aliphatic carbocycles. The summed E-state index contributed by atoms with van der Waals surface area (Å²) in [7, 11) is -1.62. The number of hydrogen-bond donors (Lipinski definition) is 1. The maximum atomic E-state index is 13.7. The topological polar surface area (TPSA) is 74.2 Å². The van der Waals surface area contributed by atoms with Crippen LogP contribution in [0.3, 0.4) is 0 Å². The van der Waals surface area contributed by atoms with Crippen LogP contribution in [-0.4, -0.2) is 81.8 Å². The fraction of sp³-hybridized carbons (Fsp3) is 0.632. The minimum absolute atomic E-state index is 0.000788. The molecule has 0 saturated carbocycles. The van der Waals surface area contributed by atoms with Gasteiger partial charge in [0.25, 0.3) is 0 Å². The second-order valence-corrected chi connectivity index (χ2v) is 9.03. The van der Waals surface area contributed by atoms with Crippen molar-refractivity contribution in [3.63, 3.8) is 0 Å². The van der Waals surface area contributed by atoms with Gasteiger partial charge in [0.2, 0.25) is 10.0 Å². The minimum Gasteiger partial charge on any atom is -0.378 e. The summed E-state index contributed by atoms with van der Waals surface area (Å²) < 4.78 is 45.4. The molecule has 0 aromatic heterocycles. The first-order valence-electron chi connectivity index (χ1n) is 9.62. The summed E-state index contributed by atoms with van der Waals surface area (Å²) in [5.41, 5.74) is 0.657. The molecule has 0 unspecified atom stereocenters. The quantitative estimate of drug-likeness (QED) is 0.513. The van der Waals surface area contributed by atoms with Crippen LogP contribution in [0.15, 0.2) is 29.3 Å². The molecular weight excluding hydrogens is 383 g/mol. The molecule has 1 fully saturated rings. The second kappa shape index (κ2) is 10.7. The van der Waals surface area contributed by atoms with Crippen molar-refractivity contribution in [3.8, 4) is 0 Å². The van der Waals surface area contributed by atoms with Crippen molar-refractivity contribution in [2.24, 2.45) is 4.99 Å². The van der Waals surface area contributed by atoms with E-state index in [4.69, 9.17) is 4.74 Å². The molecule has 7 nitrogen and oxygen atoms in total. The minimum atomic E-state index is -3.31. The zero-order valence-electron chi connectivity index (χ0n) is 16.9. The number of aliphatic imine (C=N–C) groups is 1. The van der Waals surface area contributed by atoms with E-state index in [1.165, 1.54) is 10.4 Å². The Hall–Kier alpha value is -1.71. The molecule has 0 spiro atoms. The van der Waals surface area contributed by atoms with Crippen LogP contribution < -0.4 is 5.32 Å². The molecule has 28 heavy (non-hydrogen) atoms. The molecule has 1 aliphatic heterocycles. The smallest absolute Gasteiger partial charge is 0.216 e. The van der Waals surface area contributed by atoms with E-state index in [1.54, 1.807) is 19.2 Å². The zero-order chi connectivity index (χ0) is 20.6. The molecule has 1 saturated heterocycles. The molecular formula is C19H31FN4O3S. The normalized spacial score (nSPS) is 16.6. The monoisotopic (exact) mass is 414 g/mol. The lowest BCUT2D eigenvalue weighted by Crippen LogP contribution is -2.54. The molecule has 0 radical (unpaired) electrons. The number of nitrogens with one attached hydrogen (secondary N) is 1. The summed E-state index contributed by atoms with van der Waals surface area (Å²) in [5.74, 6) is 0.497. The number of benzene rings is 1. The van der Waals surface area contributed by atoms with Gasteiger partial charge in [-0.05, 0) is 31.9 Å². The van der Waals surface area contributed by atoms with Crippen LogP contribution in [0.2, 0.25) is 0 Å². The largest absolute Gasteiger partial charge is 0.378 e. The molecule has 1 aromatic carbocycles. The fourth-order valence-corrected chi connectivity index (χ4v) is 4.32. The Kier molecular flexibility index (Phi) is 8.65. The van der Waals surface area contributed by atoms with Gasteiger partial charge < -0.3 is 15.0 Å². The number of piperazine rings is 1. The van der Waals surface area contributed by atoms with Crippen molar-refractivity contribution in [3.05, 3.63) is 35.6 Å². The first-order valence-corrected chi connectivity index (χ1v) is 11.2. The Morgan fingerprint density at radius 1 is 1.25 bits per heavy atom. The predicted molar refractivity (Wildman–Crippen MR) is 109 cm³/mol. The summed E-state index contributed by atoms with van der Waals surface area (Å²) in [6, 6.07) is 6.72. The van der Waals surface area contributed by atoms with Gasteiger partial charge in [-0.2, -0.15) is 4.31 Å². The van der Waals surface area contributed by atoms with E-state index in [9.17, 15) is 12.8 Å². The third kappa shape index (κ3) is 6.72. The van der Waals surface area contributed by atoms with E-state index in [0.717, 1.165) is 0 Å². The summed E-state index contributed by atoms with van der Waals surface area (Å²) in [5, 5.41) is 3.24. The number of nitrogens with zero attached hydrogens (tertiary/aromatic N) is 3. The zero-order valence-corrected chi connectivity index (χ0v) is 17.7. The van der Waals surface area contributed by atoms with Crippen molar-refractivity contribution < 1.29 is 17.5 Å². The second-order valence-electron chi connectivity index (χ2n) is 6.94. The Balaban J connectivity index is 1.79. The number of guanidine groups is 1. The predicted octanol–water partition coefficient (Wildman–Crippen LogP) is 1.32. The van der Waals surface area contributed by atoms with Crippen LogP contribution in [0.4, 0.5) is 4.39 Å². The van der Waals surface area contributed by atoms with Crippen LogP contribution >= 0.6 is 0 Å². The van der Waals surface area contributed by atoms with E-state index < -0.39 is 10.0 Å². The van der Waals surface area contributed by atoms with Crippen molar-refractivity contribution >= 4 is 16.0 Å². The highest BCUT2D eigenvalue weighted by Crippen LogP contribution is 2.10. The highest BCUT2D eigenvalue weighted by Gasteiger charge is 2.27. The van der Waals surface area contributed by atoms with Crippen molar-refractivity contribution in [2.45, 2.75) is 26.4 Å². The average Bonchev–Trinajstić information content (AvgIpc) is 2.66. The number of hydrogen-bond acceptors (Lipinski definition) is 4. The molecule has 2 rings (SSSR count). The van der Waals surface area contributed by atoms with Gasteiger partial charge in [0.1, 0.15) is 5.82 Å². The summed E-state index contributed by atoms with van der Waals surface area (Å²) >= 11 is 0. The van der Waals surface area contributed by atoms with Crippen LogP contribution in [0, 0.1) is 5.82 Å². The molecule has 0 bridgehead atoms. The Morgan fingerprint density at radius 3 is 2.54 bits per heavy atom. The fourth-order valence-electron chi connectivity index (χ4n) is 3.04. The summed E-state index contributed by atoms with van der Waals surface area (Å²) in [6.07, 6.45) is 0.571. The van der Waals surface area contributed by atoms with E-state index in [-0.39, 0.29) is 24.3 Å². The maximum absolute atomic E-state index is 13.7. The van der Waals surface area contributed by atoms with E-state index >= 15 is 0 Å². The Bertz CT molecular complexity index is 747. The molecule has 0 atom stereocenters. The number of halogens is 1. The Labute approximate surface area is 167 Å². The standard InChI is InChI=1S/C19H31FN4O3S/c1-16(2)27-14-15-28(25,26)24-12-10-23(11-13-24)19(21-3)22-9-8-17-6-4-5-7-18(17)20/h4-7,16H,8-15H2,1-3H3,(H,21,22). The lowest BCUT2D eigenvalue weighted by molar-refractivity contribution is 0.0904. The van der Waals surface area contributed by atoms with Crippen LogP contribution in [0.5, 0.6) is 0 Å². The van der Waals surface area contributed by atoms with E-state index in [1.807, 2.05) is 24.8 Å². The van der Waals surface area contributed by atoms with Crippen LogP contribution in [0.1, 0.15) is 19.4 Å². The van der Waals surface area contributed by atoms with Crippen LogP contribution in [0.25, 0.3) is 0 Å². The van der Waals surface area contributed by atoms with E-state index in [0.29, 0.717) is 50.7 Å².